The first-order chi connectivity index (χ1) is 15.7. The average Bonchev–Trinajstić information content (AvgIpc) is 3.56. The lowest BCUT2D eigenvalue weighted by molar-refractivity contribution is 0.291. The first-order valence-electron chi connectivity index (χ1n) is 12.5. The second-order valence-corrected chi connectivity index (χ2v) is 10.0. The fraction of sp³-hybridized carbons (Fsp3) is 0.571. The van der Waals surface area contributed by atoms with Gasteiger partial charge in [0.25, 0.3) is 0 Å². The second kappa shape index (κ2) is 9.84. The smallest absolute Gasteiger partial charge is 0.127 e. The SMILES string of the molecule is COc1ccc(CN2CC3CCC(c4ccc(CCN5CCCC5)cc4)C3C2)c(OC)c1. The van der Waals surface area contributed by atoms with E-state index in [4.69, 9.17) is 9.47 Å². The van der Waals surface area contributed by atoms with E-state index >= 15 is 0 Å². The van der Waals surface area contributed by atoms with Crippen LogP contribution < -0.4 is 9.47 Å². The molecule has 0 amide bonds. The minimum absolute atomic E-state index is 0.718. The minimum atomic E-state index is 0.718. The first-order valence-corrected chi connectivity index (χ1v) is 12.5. The Morgan fingerprint density at radius 3 is 2.44 bits per heavy atom. The lowest BCUT2D eigenvalue weighted by Gasteiger charge is -2.22. The molecule has 2 saturated heterocycles. The lowest BCUT2D eigenvalue weighted by atomic mass is 9.86. The summed E-state index contributed by atoms with van der Waals surface area (Å²) in [7, 11) is 3.46. The summed E-state index contributed by atoms with van der Waals surface area (Å²) in [6.45, 7) is 7.18. The summed E-state index contributed by atoms with van der Waals surface area (Å²) in [5, 5.41) is 0. The zero-order chi connectivity index (χ0) is 21.9. The molecule has 3 fully saturated rings. The number of hydrogen-bond acceptors (Lipinski definition) is 4. The lowest BCUT2D eigenvalue weighted by Crippen LogP contribution is -2.22. The number of hydrogen-bond donors (Lipinski definition) is 0. The van der Waals surface area contributed by atoms with Crippen molar-refractivity contribution in [2.24, 2.45) is 11.8 Å². The molecule has 2 aromatic rings. The maximum Gasteiger partial charge on any atom is 0.127 e. The molecule has 3 aliphatic rings. The van der Waals surface area contributed by atoms with Crippen molar-refractivity contribution in [1.29, 1.82) is 0 Å². The molecule has 2 aliphatic heterocycles. The molecule has 2 aromatic carbocycles. The van der Waals surface area contributed by atoms with Gasteiger partial charge < -0.3 is 14.4 Å². The van der Waals surface area contributed by atoms with Crippen molar-refractivity contribution >= 4 is 0 Å². The Hall–Kier alpha value is -2.04. The molecule has 0 N–H and O–H groups in total. The molecule has 0 aromatic heterocycles. The maximum absolute atomic E-state index is 5.64. The molecule has 1 aliphatic carbocycles. The highest BCUT2D eigenvalue weighted by atomic mass is 16.5. The molecule has 4 heteroatoms. The molecule has 3 atom stereocenters. The maximum atomic E-state index is 5.64. The van der Waals surface area contributed by atoms with Crippen molar-refractivity contribution in [1.82, 2.24) is 9.80 Å². The van der Waals surface area contributed by atoms with Gasteiger partial charge in [-0.25, -0.2) is 0 Å². The summed E-state index contributed by atoms with van der Waals surface area (Å²) < 4.78 is 11.0. The molecule has 5 rings (SSSR count). The number of rotatable bonds is 8. The van der Waals surface area contributed by atoms with E-state index < -0.39 is 0 Å². The standard InChI is InChI=1S/C28H38N2O2/c1-31-25-11-9-24(28(17-25)32-2)19-30-18-23-10-12-26(27(23)20-30)22-7-5-21(6-8-22)13-16-29-14-3-4-15-29/h5-9,11,17,23,26-27H,3-4,10,12-16,18-20H2,1-2H3. The van der Waals surface area contributed by atoms with Gasteiger partial charge in [0, 0.05) is 37.8 Å². The molecular formula is C28H38N2O2. The van der Waals surface area contributed by atoms with Gasteiger partial charge in [-0.2, -0.15) is 0 Å². The zero-order valence-corrected chi connectivity index (χ0v) is 19.8. The van der Waals surface area contributed by atoms with Gasteiger partial charge in [-0.1, -0.05) is 30.3 Å². The van der Waals surface area contributed by atoms with E-state index in [9.17, 15) is 0 Å². The van der Waals surface area contributed by atoms with E-state index in [1.807, 2.05) is 12.1 Å². The van der Waals surface area contributed by atoms with Crippen LogP contribution in [0.1, 0.15) is 48.3 Å². The van der Waals surface area contributed by atoms with Crippen LogP contribution in [0.4, 0.5) is 0 Å². The summed E-state index contributed by atoms with van der Waals surface area (Å²) in [6, 6.07) is 15.9. The van der Waals surface area contributed by atoms with Crippen LogP contribution in [0.15, 0.2) is 42.5 Å². The fourth-order valence-electron chi connectivity index (χ4n) is 6.35. The van der Waals surface area contributed by atoms with Gasteiger partial charge >= 0.3 is 0 Å². The summed E-state index contributed by atoms with van der Waals surface area (Å²) >= 11 is 0. The summed E-state index contributed by atoms with van der Waals surface area (Å²) in [6.07, 6.45) is 6.66. The van der Waals surface area contributed by atoms with Crippen LogP contribution in [0.5, 0.6) is 11.5 Å². The first kappa shape index (κ1) is 21.8. The van der Waals surface area contributed by atoms with Gasteiger partial charge in [0.1, 0.15) is 11.5 Å². The Labute approximate surface area is 193 Å². The molecule has 0 bridgehead atoms. The number of ether oxygens (including phenoxy) is 2. The highest BCUT2D eigenvalue weighted by Gasteiger charge is 2.43. The van der Waals surface area contributed by atoms with Crippen LogP contribution in [0.2, 0.25) is 0 Å². The number of nitrogens with zero attached hydrogens (tertiary/aromatic N) is 2. The zero-order valence-electron chi connectivity index (χ0n) is 19.8. The van der Waals surface area contributed by atoms with Gasteiger partial charge in [0.2, 0.25) is 0 Å². The summed E-state index contributed by atoms with van der Waals surface area (Å²) in [5.41, 5.74) is 4.31. The van der Waals surface area contributed by atoms with E-state index in [2.05, 4.69) is 40.1 Å². The number of benzene rings is 2. The van der Waals surface area contributed by atoms with Crippen molar-refractivity contribution < 1.29 is 9.47 Å². The Morgan fingerprint density at radius 2 is 1.69 bits per heavy atom. The van der Waals surface area contributed by atoms with Gasteiger partial charge in [0.15, 0.2) is 0 Å². The van der Waals surface area contributed by atoms with Gasteiger partial charge in [-0.15, -0.1) is 0 Å². The van der Waals surface area contributed by atoms with Crippen LogP contribution in [0.25, 0.3) is 0 Å². The molecule has 172 valence electrons. The third-order valence-corrected chi connectivity index (χ3v) is 8.14. The number of methoxy groups -OCH3 is 2. The predicted octanol–water partition coefficient (Wildman–Crippen LogP) is 4.97. The third-order valence-electron chi connectivity index (χ3n) is 8.14. The Morgan fingerprint density at radius 1 is 0.875 bits per heavy atom. The molecule has 4 nitrogen and oxygen atoms in total. The Kier molecular flexibility index (Phi) is 6.70. The van der Waals surface area contributed by atoms with Crippen molar-refractivity contribution in [3.8, 4) is 11.5 Å². The average molecular weight is 435 g/mol. The van der Waals surface area contributed by atoms with Crippen molar-refractivity contribution in [2.45, 2.75) is 44.6 Å². The monoisotopic (exact) mass is 434 g/mol. The molecule has 3 unspecified atom stereocenters. The second-order valence-electron chi connectivity index (χ2n) is 10.0. The molecule has 1 saturated carbocycles. The van der Waals surface area contributed by atoms with Gasteiger partial charge in [-0.3, -0.25) is 4.90 Å². The van der Waals surface area contributed by atoms with Crippen LogP contribution in [0.3, 0.4) is 0 Å². The van der Waals surface area contributed by atoms with E-state index in [0.29, 0.717) is 0 Å². The van der Waals surface area contributed by atoms with Crippen LogP contribution in [-0.2, 0) is 13.0 Å². The third kappa shape index (κ3) is 4.67. The highest BCUT2D eigenvalue weighted by Crippen LogP contribution is 2.48. The van der Waals surface area contributed by atoms with E-state index in [1.165, 1.54) is 76.0 Å². The quantitative estimate of drug-likeness (QED) is 0.586. The van der Waals surface area contributed by atoms with E-state index in [1.54, 1.807) is 19.8 Å². The Balaban J connectivity index is 1.19. The van der Waals surface area contributed by atoms with Crippen molar-refractivity contribution in [2.75, 3.05) is 46.9 Å². The number of fused-ring (bicyclic) bond motifs is 1. The normalized spacial score (nSPS) is 25.9. The highest BCUT2D eigenvalue weighted by molar-refractivity contribution is 5.40. The Bertz CT molecular complexity index is 891. The summed E-state index contributed by atoms with van der Waals surface area (Å²) in [4.78, 5) is 5.25. The van der Waals surface area contributed by atoms with Crippen molar-refractivity contribution in [3.05, 3.63) is 59.2 Å². The molecular weight excluding hydrogens is 396 g/mol. The van der Waals surface area contributed by atoms with Gasteiger partial charge in [-0.05, 0) is 80.1 Å². The molecule has 0 radical (unpaired) electrons. The van der Waals surface area contributed by atoms with E-state index in [0.717, 1.165) is 35.8 Å². The van der Waals surface area contributed by atoms with Crippen LogP contribution >= 0.6 is 0 Å². The minimum Gasteiger partial charge on any atom is -0.497 e. The molecule has 2 heterocycles. The number of likely N-dealkylation sites (tertiary alicyclic amines) is 2. The predicted molar refractivity (Wildman–Crippen MR) is 130 cm³/mol. The van der Waals surface area contributed by atoms with E-state index in [-0.39, 0.29) is 0 Å². The molecule has 32 heavy (non-hydrogen) atoms. The van der Waals surface area contributed by atoms with Crippen LogP contribution in [0, 0.1) is 11.8 Å². The van der Waals surface area contributed by atoms with Crippen LogP contribution in [-0.4, -0.2) is 56.7 Å². The fourth-order valence-corrected chi connectivity index (χ4v) is 6.35. The van der Waals surface area contributed by atoms with Crippen molar-refractivity contribution in [3.63, 3.8) is 0 Å². The largest absolute Gasteiger partial charge is 0.497 e. The molecule has 0 spiro atoms. The van der Waals surface area contributed by atoms with Gasteiger partial charge in [0.05, 0.1) is 14.2 Å². The topological polar surface area (TPSA) is 24.9 Å². The summed E-state index contributed by atoms with van der Waals surface area (Å²) in [5.74, 6) is 4.12.